The Hall–Kier alpha value is -2.60. The van der Waals surface area contributed by atoms with Gasteiger partial charge in [0.2, 0.25) is 0 Å². The summed E-state index contributed by atoms with van der Waals surface area (Å²) < 4.78 is 5.35. The summed E-state index contributed by atoms with van der Waals surface area (Å²) in [6.45, 7) is 10.1. The van der Waals surface area contributed by atoms with Gasteiger partial charge in [0.05, 0.1) is 0 Å². The van der Waals surface area contributed by atoms with Crippen molar-refractivity contribution in [1.29, 1.82) is 0 Å². The topological polar surface area (TPSA) is 80.5 Å². The van der Waals surface area contributed by atoms with Gasteiger partial charge in [-0.25, -0.2) is 4.79 Å². The molecule has 1 aliphatic rings. The number of nitrogen functional groups attached to an aromatic ring is 1. The molecule has 0 unspecified atom stereocenters. The van der Waals surface area contributed by atoms with Crippen molar-refractivity contribution in [2.45, 2.75) is 52.3 Å². The summed E-state index contributed by atoms with van der Waals surface area (Å²) in [5.41, 5.74) is 10.7. The molecule has 6 nitrogen and oxygen atoms in total. The number of pyridine rings is 1. The summed E-state index contributed by atoms with van der Waals surface area (Å²) in [5.74, 6) is 0. The fraction of sp³-hybridized carbons (Fsp3) is 0.455. The van der Waals surface area contributed by atoms with Crippen molar-refractivity contribution in [2.75, 3.05) is 18.8 Å². The molecule has 150 valence electrons. The summed E-state index contributed by atoms with van der Waals surface area (Å²) >= 11 is 0. The highest BCUT2D eigenvalue weighted by atomic mass is 16.6. The zero-order valence-corrected chi connectivity index (χ0v) is 17.2. The lowest BCUT2D eigenvalue weighted by Crippen LogP contribution is -2.40. The maximum atomic E-state index is 12.0. The molecule has 1 saturated heterocycles. The number of carbonyl (C=O) groups excluding carboxylic acids is 1. The van der Waals surface area contributed by atoms with E-state index in [4.69, 9.17) is 10.5 Å². The number of hydrogen-bond acceptors (Lipinski definition) is 5. The standard InChI is InChI=1S/C22H30N4O2/c1-15-5-6-17(12-24-15)18-9-16(10-19(23)11-18)13-26-8-7-20(14-26)25-21(27)28-22(2,3)4/h5-6,9-12,20H,7-8,13-14,23H2,1-4H3,(H,25,27)/t20-/m0/s1. The van der Waals surface area contributed by atoms with Crippen molar-refractivity contribution < 1.29 is 9.53 Å². The minimum Gasteiger partial charge on any atom is -0.444 e. The van der Waals surface area contributed by atoms with E-state index in [1.807, 2.05) is 52.1 Å². The van der Waals surface area contributed by atoms with E-state index in [0.29, 0.717) is 0 Å². The molecular formula is C22H30N4O2. The van der Waals surface area contributed by atoms with E-state index in [-0.39, 0.29) is 12.1 Å². The van der Waals surface area contributed by atoms with Crippen LogP contribution < -0.4 is 11.1 Å². The van der Waals surface area contributed by atoms with E-state index in [2.05, 4.69) is 27.3 Å². The number of benzene rings is 1. The first-order chi connectivity index (χ1) is 13.2. The number of carbonyl (C=O) groups is 1. The Kier molecular flexibility index (Phi) is 5.89. The van der Waals surface area contributed by atoms with E-state index < -0.39 is 5.60 Å². The molecule has 6 heteroatoms. The van der Waals surface area contributed by atoms with E-state index in [1.165, 1.54) is 0 Å². The van der Waals surface area contributed by atoms with Crippen LogP contribution in [0.15, 0.2) is 36.5 Å². The van der Waals surface area contributed by atoms with Gasteiger partial charge in [-0.1, -0.05) is 6.07 Å². The van der Waals surface area contributed by atoms with Crippen LogP contribution in [0.4, 0.5) is 10.5 Å². The molecule has 1 aliphatic heterocycles. The summed E-state index contributed by atoms with van der Waals surface area (Å²) in [6, 6.07) is 10.3. The van der Waals surface area contributed by atoms with Crippen LogP contribution in [0.5, 0.6) is 0 Å². The van der Waals surface area contributed by atoms with E-state index >= 15 is 0 Å². The van der Waals surface area contributed by atoms with Crippen LogP contribution in [0.1, 0.15) is 38.4 Å². The quantitative estimate of drug-likeness (QED) is 0.788. The first-order valence-electron chi connectivity index (χ1n) is 9.72. The Morgan fingerprint density at radius 3 is 2.75 bits per heavy atom. The summed E-state index contributed by atoms with van der Waals surface area (Å²) in [4.78, 5) is 18.7. The van der Waals surface area contributed by atoms with Crippen molar-refractivity contribution in [3.63, 3.8) is 0 Å². The van der Waals surface area contributed by atoms with Crippen LogP contribution in [0, 0.1) is 6.92 Å². The molecule has 0 radical (unpaired) electrons. The lowest BCUT2D eigenvalue weighted by molar-refractivity contribution is 0.0506. The molecule has 28 heavy (non-hydrogen) atoms. The molecule has 1 aromatic carbocycles. The van der Waals surface area contributed by atoms with Crippen molar-refractivity contribution in [2.24, 2.45) is 0 Å². The van der Waals surface area contributed by atoms with Crippen molar-refractivity contribution >= 4 is 11.8 Å². The van der Waals surface area contributed by atoms with Gasteiger partial charge in [0, 0.05) is 48.8 Å². The zero-order valence-electron chi connectivity index (χ0n) is 17.2. The fourth-order valence-electron chi connectivity index (χ4n) is 3.44. The average molecular weight is 383 g/mol. The number of aromatic nitrogens is 1. The number of alkyl carbamates (subject to hydrolysis) is 1. The predicted octanol–water partition coefficient (Wildman–Crippen LogP) is 3.74. The van der Waals surface area contributed by atoms with Gasteiger partial charge in [0.25, 0.3) is 0 Å². The monoisotopic (exact) mass is 382 g/mol. The first kappa shape index (κ1) is 20.1. The van der Waals surface area contributed by atoms with Crippen LogP contribution in [0.2, 0.25) is 0 Å². The van der Waals surface area contributed by atoms with Crippen LogP contribution in [-0.2, 0) is 11.3 Å². The third kappa shape index (κ3) is 5.70. The third-order valence-electron chi connectivity index (χ3n) is 4.66. The number of aryl methyl sites for hydroxylation is 1. The molecule has 0 aliphatic carbocycles. The van der Waals surface area contributed by atoms with Gasteiger partial charge in [-0.05, 0) is 69.5 Å². The number of rotatable bonds is 4. The maximum Gasteiger partial charge on any atom is 0.407 e. The second-order valence-electron chi connectivity index (χ2n) is 8.52. The van der Waals surface area contributed by atoms with Crippen LogP contribution in [0.3, 0.4) is 0 Å². The highest BCUT2D eigenvalue weighted by Gasteiger charge is 2.26. The molecule has 0 spiro atoms. The number of anilines is 1. The number of nitrogens with two attached hydrogens (primary N) is 1. The number of hydrogen-bond donors (Lipinski definition) is 2. The summed E-state index contributed by atoms with van der Waals surface area (Å²) in [7, 11) is 0. The molecule has 1 aromatic heterocycles. The lowest BCUT2D eigenvalue weighted by atomic mass is 10.0. The van der Waals surface area contributed by atoms with Gasteiger partial charge in [0.1, 0.15) is 5.60 Å². The van der Waals surface area contributed by atoms with Gasteiger partial charge in [-0.2, -0.15) is 0 Å². The summed E-state index contributed by atoms with van der Waals surface area (Å²) in [6.07, 6.45) is 2.44. The van der Waals surface area contributed by atoms with Crippen LogP contribution >= 0.6 is 0 Å². The average Bonchev–Trinajstić information content (AvgIpc) is 2.99. The zero-order chi connectivity index (χ0) is 20.3. The molecule has 1 amide bonds. The fourth-order valence-corrected chi connectivity index (χ4v) is 3.44. The van der Waals surface area contributed by atoms with Gasteiger partial charge in [0.15, 0.2) is 0 Å². The second kappa shape index (κ2) is 8.19. The van der Waals surface area contributed by atoms with E-state index in [9.17, 15) is 4.79 Å². The molecule has 1 fully saturated rings. The van der Waals surface area contributed by atoms with Crippen molar-refractivity contribution in [1.82, 2.24) is 15.2 Å². The Balaban J connectivity index is 1.61. The second-order valence-corrected chi connectivity index (χ2v) is 8.52. The third-order valence-corrected chi connectivity index (χ3v) is 4.66. The van der Waals surface area contributed by atoms with Crippen molar-refractivity contribution in [3.05, 3.63) is 47.8 Å². The van der Waals surface area contributed by atoms with Gasteiger partial charge < -0.3 is 15.8 Å². The number of nitrogens with one attached hydrogen (secondary N) is 1. The Morgan fingerprint density at radius 2 is 2.07 bits per heavy atom. The molecular weight excluding hydrogens is 352 g/mol. The van der Waals surface area contributed by atoms with Gasteiger partial charge in [-0.15, -0.1) is 0 Å². The first-order valence-corrected chi connectivity index (χ1v) is 9.72. The molecule has 2 aromatic rings. The maximum absolute atomic E-state index is 12.0. The Bertz CT molecular complexity index is 827. The Morgan fingerprint density at radius 1 is 1.29 bits per heavy atom. The minimum absolute atomic E-state index is 0.108. The SMILES string of the molecule is Cc1ccc(-c2cc(N)cc(CN3CC[C@H](NC(=O)OC(C)(C)C)C3)c2)cn1. The lowest BCUT2D eigenvalue weighted by Gasteiger charge is -2.22. The van der Waals surface area contributed by atoms with E-state index in [1.54, 1.807) is 0 Å². The molecule has 2 heterocycles. The molecule has 0 bridgehead atoms. The predicted molar refractivity (Wildman–Crippen MR) is 112 cm³/mol. The van der Waals surface area contributed by atoms with Gasteiger partial charge >= 0.3 is 6.09 Å². The smallest absolute Gasteiger partial charge is 0.407 e. The number of nitrogens with zero attached hydrogens (tertiary/aromatic N) is 2. The number of ether oxygens (including phenoxy) is 1. The molecule has 0 saturated carbocycles. The van der Waals surface area contributed by atoms with E-state index in [0.717, 1.165) is 54.1 Å². The normalized spacial score (nSPS) is 17.5. The molecule has 3 N–H and O–H groups in total. The number of amides is 1. The minimum atomic E-state index is -0.481. The Labute approximate surface area is 167 Å². The van der Waals surface area contributed by atoms with Crippen LogP contribution in [-0.4, -0.2) is 40.7 Å². The summed E-state index contributed by atoms with van der Waals surface area (Å²) in [5, 5.41) is 2.97. The van der Waals surface area contributed by atoms with Crippen LogP contribution in [0.25, 0.3) is 11.1 Å². The highest BCUT2D eigenvalue weighted by Crippen LogP contribution is 2.25. The molecule has 1 atom stereocenters. The highest BCUT2D eigenvalue weighted by molar-refractivity contribution is 5.68. The largest absolute Gasteiger partial charge is 0.444 e. The van der Waals surface area contributed by atoms with Crippen molar-refractivity contribution in [3.8, 4) is 11.1 Å². The van der Waals surface area contributed by atoms with Gasteiger partial charge in [-0.3, -0.25) is 9.88 Å². The number of likely N-dealkylation sites (tertiary alicyclic amines) is 1. The molecule has 3 rings (SSSR count).